The second-order valence-electron chi connectivity index (χ2n) is 7.25. The average Bonchev–Trinajstić information content (AvgIpc) is 2.72. The minimum Gasteiger partial charge on any atom is -0.490 e. The Morgan fingerprint density at radius 2 is 1.93 bits per heavy atom. The fourth-order valence-electron chi connectivity index (χ4n) is 3.25. The maximum atomic E-state index is 12.5. The minimum atomic E-state index is -0.104. The van der Waals surface area contributed by atoms with E-state index in [2.05, 4.69) is 11.9 Å². The standard InChI is InChI=1S/C23H28N2O4/c1-4-11-27-20-8-5-18(6-9-20)15-25(3)16-23(26)24-17(2)19-7-10-21-22(14-19)29-13-12-28-21/h4-10,14,17H,1,11-13,15-16H2,2-3H3,(H,24,26)/p+1/t17-/m1/s1. The molecule has 29 heavy (non-hydrogen) atoms. The first-order valence-electron chi connectivity index (χ1n) is 9.88. The van der Waals surface area contributed by atoms with Gasteiger partial charge in [0, 0.05) is 5.56 Å². The molecule has 1 aliphatic rings. The number of benzene rings is 2. The molecule has 1 unspecified atom stereocenters. The van der Waals surface area contributed by atoms with E-state index in [0.717, 1.165) is 39.8 Å². The molecule has 154 valence electrons. The predicted octanol–water partition coefficient (Wildman–Crippen LogP) is 1.91. The molecule has 0 radical (unpaired) electrons. The van der Waals surface area contributed by atoms with Crippen molar-refractivity contribution in [2.45, 2.75) is 19.5 Å². The summed E-state index contributed by atoms with van der Waals surface area (Å²) in [7, 11) is 2.01. The Hall–Kier alpha value is -2.99. The van der Waals surface area contributed by atoms with E-state index in [1.54, 1.807) is 6.08 Å². The zero-order valence-electron chi connectivity index (χ0n) is 17.1. The fraction of sp³-hybridized carbons (Fsp3) is 0.348. The number of carbonyl (C=O) groups excluding carboxylic acids is 1. The van der Waals surface area contributed by atoms with Crippen LogP contribution in [0.25, 0.3) is 0 Å². The van der Waals surface area contributed by atoms with Gasteiger partial charge in [0.15, 0.2) is 18.0 Å². The molecule has 0 spiro atoms. The van der Waals surface area contributed by atoms with Gasteiger partial charge in [-0.2, -0.15) is 0 Å². The molecule has 6 nitrogen and oxygen atoms in total. The fourth-order valence-corrected chi connectivity index (χ4v) is 3.25. The Labute approximate surface area is 172 Å². The summed E-state index contributed by atoms with van der Waals surface area (Å²) in [5.74, 6) is 2.31. The van der Waals surface area contributed by atoms with Crippen molar-refractivity contribution in [2.24, 2.45) is 0 Å². The first-order chi connectivity index (χ1) is 14.0. The minimum absolute atomic E-state index is 0.0100. The van der Waals surface area contributed by atoms with Gasteiger partial charge in [-0.1, -0.05) is 18.7 Å². The van der Waals surface area contributed by atoms with Crippen molar-refractivity contribution in [3.05, 3.63) is 66.2 Å². The van der Waals surface area contributed by atoms with E-state index in [4.69, 9.17) is 14.2 Å². The van der Waals surface area contributed by atoms with Crippen molar-refractivity contribution in [1.82, 2.24) is 5.32 Å². The monoisotopic (exact) mass is 397 g/mol. The van der Waals surface area contributed by atoms with Gasteiger partial charge >= 0.3 is 0 Å². The van der Waals surface area contributed by atoms with Gasteiger partial charge in [-0.3, -0.25) is 4.79 Å². The van der Waals surface area contributed by atoms with Crippen molar-refractivity contribution in [2.75, 3.05) is 33.4 Å². The molecule has 2 atom stereocenters. The SMILES string of the molecule is C=CCOc1ccc(C[NH+](C)CC(=O)N[C@H](C)c2ccc3c(c2)OCCO3)cc1. The van der Waals surface area contributed by atoms with Crippen LogP contribution in [0.3, 0.4) is 0 Å². The molecule has 0 fully saturated rings. The van der Waals surface area contributed by atoms with Gasteiger partial charge in [0.05, 0.1) is 13.1 Å². The zero-order valence-corrected chi connectivity index (χ0v) is 17.1. The van der Waals surface area contributed by atoms with Crippen LogP contribution in [0.2, 0.25) is 0 Å². The Morgan fingerprint density at radius 3 is 2.66 bits per heavy atom. The summed E-state index contributed by atoms with van der Waals surface area (Å²) in [5.41, 5.74) is 2.15. The van der Waals surface area contributed by atoms with E-state index in [1.807, 2.05) is 56.4 Å². The van der Waals surface area contributed by atoms with Crippen LogP contribution in [-0.2, 0) is 11.3 Å². The van der Waals surface area contributed by atoms with Crippen LogP contribution in [0.15, 0.2) is 55.1 Å². The summed E-state index contributed by atoms with van der Waals surface area (Å²) >= 11 is 0. The van der Waals surface area contributed by atoms with E-state index < -0.39 is 0 Å². The second-order valence-corrected chi connectivity index (χ2v) is 7.25. The molecule has 1 amide bonds. The third-order valence-corrected chi connectivity index (χ3v) is 4.70. The van der Waals surface area contributed by atoms with Crippen molar-refractivity contribution in [3.8, 4) is 17.2 Å². The Morgan fingerprint density at radius 1 is 1.21 bits per heavy atom. The highest BCUT2D eigenvalue weighted by Gasteiger charge is 2.17. The molecule has 0 aromatic heterocycles. The van der Waals surface area contributed by atoms with Crippen molar-refractivity contribution in [1.29, 1.82) is 0 Å². The number of likely N-dealkylation sites (N-methyl/N-ethyl adjacent to an activating group) is 1. The van der Waals surface area contributed by atoms with Gasteiger partial charge in [0.1, 0.15) is 32.1 Å². The molecular formula is C23H29N2O4+. The second kappa shape index (κ2) is 9.98. The van der Waals surface area contributed by atoms with Crippen molar-refractivity contribution < 1.29 is 23.9 Å². The molecule has 0 bridgehead atoms. The molecule has 0 saturated carbocycles. The smallest absolute Gasteiger partial charge is 0.275 e. The molecular weight excluding hydrogens is 368 g/mol. The molecule has 0 saturated heterocycles. The number of hydrogen-bond donors (Lipinski definition) is 2. The topological polar surface area (TPSA) is 61.2 Å². The highest BCUT2D eigenvalue weighted by molar-refractivity contribution is 5.77. The molecule has 2 aromatic rings. The summed E-state index contributed by atoms with van der Waals surface area (Å²) < 4.78 is 16.7. The van der Waals surface area contributed by atoms with Gasteiger partial charge in [-0.15, -0.1) is 0 Å². The van der Waals surface area contributed by atoms with Crippen LogP contribution in [0.1, 0.15) is 24.1 Å². The number of quaternary nitrogens is 1. The van der Waals surface area contributed by atoms with Gasteiger partial charge in [0.25, 0.3) is 5.91 Å². The van der Waals surface area contributed by atoms with Gasteiger partial charge in [-0.05, 0) is 48.9 Å². The maximum absolute atomic E-state index is 12.5. The summed E-state index contributed by atoms with van der Waals surface area (Å²) in [6, 6.07) is 13.6. The summed E-state index contributed by atoms with van der Waals surface area (Å²) in [6.45, 7) is 8.37. The number of hydrogen-bond acceptors (Lipinski definition) is 4. The number of ether oxygens (including phenoxy) is 3. The van der Waals surface area contributed by atoms with E-state index in [-0.39, 0.29) is 11.9 Å². The van der Waals surface area contributed by atoms with E-state index in [9.17, 15) is 4.79 Å². The lowest BCUT2D eigenvalue weighted by Gasteiger charge is -2.21. The number of fused-ring (bicyclic) bond motifs is 1. The van der Waals surface area contributed by atoms with Gasteiger partial charge in [0.2, 0.25) is 0 Å². The van der Waals surface area contributed by atoms with Crippen LogP contribution in [-0.4, -0.2) is 39.3 Å². The van der Waals surface area contributed by atoms with Crippen LogP contribution in [0, 0.1) is 0 Å². The quantitative estimate of drug-likeness (QED) is 0.635. The molecule has 2 N–H and O–H groups in total. The Bertz CT molecular complexity index is 835. The lowest BCUT2D eigenvalue weighted by atomic mass is 10.1. The molecule has 2 aromatic carbocycles. The third kappa shape index (κ3) is 5.99. The van der Waals surface area contributed by atoms with Crippen LogP contribution in [0.5, 0.6) is 17.2 Å². The van der Waals surface area contributed by atoms with Crippen molar-refractivity contribution in [3.63, 3.8) is 0 Å². The number of carbonyl (C=O) groups is 1. The highest BCUT2D eigenvalue weighted by Crippen LogP contribution is 2.32. The van der Waals surface area contributed by atoms with Gasteiger partial charge in [-0.25, -0.2) is 0 Å². The van der Waals surface area contributed by atoms with E-state index in [0.29, 0.717) is 26.4 Å². The average molecular weight is 397 g/mol. The van der Waals surface area contributed by atoms with Crippen LogP contribution in [0.4, 0.5) is 0 Å². The molecule has 3 rings (SSSR count). The Balaban J connectivity index is 1.48. The summed E-state index contributed by atoms with van der Waals surface area (Å²) in [6.07, 6.45) is 1.72. The van der Waals surface area contributed by atoms with E-state index in [1.165, 1.54) is 0 Å². The zero-order chi connectivity index (χ0) is 20.6. The number of rotatable bonds is 9. The molecule has 1 aliphatic heterocycles. The van der Waals surface area contributed by atoms with Crippen LogP contribution >= 0.6 is 0 Å². The molecule has 1 heterocycles. The number of nitrogens with one attached hydrogen (secondary N) is 2. The van der Waals surface area contributed by atoms with Crippen molar-refractivity contribution >= 4 is 5.91 Å². The third-order valence-electron chi connectivity index (χ3n) is 4.70. The summed E-state index contributed by atoms with van der Waals surface area (Å²) in [4.78, 5) is 13.6. The largest absolute Gasteiger partial charge is 0.490 e. The first-order valence-corrected chi connectivity index (χ1v) is 9.88. The van der Waals surface area contributed by atoms with E-state index >= 15 is 0 Å². The predicted molar refractivity (Wildman–Crippen MR) is 112 cm³/mol. The van der Waals surface area contributed by atoms with Gasteiger partial charge < -0.3 is 24.4 Å². The molecule has 6 heteroatoms. The lowest BCUT2D eigenvalue weighted by molar-refractivity contribution is -0.885. The number of amides is 1. The highest BCUT2D eigenvalue weighted by atomic mass is 16.6. The molecule has 0 aliphatic carbocycles. The first kappa shape index (κ1) is 20.7. The maximum Gasteiger partial charge on any atom is 0.275 e. The Kier molecular flexibility index (Phi) is 7.14. The summed E-state index contributed by atoms with van der Waals surface area (Å²) in [5, 5.41) is 3.07. The van der Waals surface area contributed by atoms with Crippen LogP contribution < -0.4 is 24.4 Å². The normalized spacial score (nSPS) is 14.6. The lowest BCUT2D eigenvalue weighted by Crippen LogP contribution is -3.08.